The van der Waals surface area contributed by atoms with Crippen molar-refractivity contribution in [3.8, 4) is 11.4 Å². The largest absolute Gasteiger partial charge is 0.432 e. The molecule has 84 valence electrons. The quantitative estimate of drug-likeness (QED) is 0.751. The minimum Gasteiger partial charge on any atom is -0.357 e. The van der Waals surface area contributed by atoms with Gasteiger partial charge in [0.15, 0.2) is 5.43 Å². The van der Waals surface area contributed by atoms with Gasteiger partial charge in [-0.05, 0) is 5.21 Å². The Hall–Kier alpha value is -2.19. The van der Waals surface area contributed by atoms with Gasteiger partial charge in [-0.1, -0.05) is 0 Å². The monoisotopic (exact) mass is 231 g/mol. The molecular weight excluding hydrogens is 227 g/mol. The minimum atomic E-state index is -4.68. The smallest absolute Gasteiger partial charge is 0.357 e. The number of nitrogens with one attached hydrogen (secondary N) is 2. The number of halogens is 3. The van der Waals surface area contributed by atoms with E-state index in [1.807, 2.05) is 10.2 Å². The van der Waals surface area contributed by atoms with E-state index in [0.29, 0.717) is 0 Å². The molecule has 0 spiro atoms. The molecule has 0 aliphatic carbocycles. The second kappa shape index (κ2) is 3.43. The molecule has 0 amide bonds. The van der Waals surface area contributed by atoms with E-state index in [2.05, 4.69) is 15.4 Å². The summed E-state index contributed by atoms with van der Waals surface area (Å²) < 4.78 is 37.7. The molecule has 2 N–H and O–H groups in total. The first-order valence-electron chi connectivity index (χ1n) is 4.03. The zero-order valence-corrected chi connectivity index (χ0v) is 7.54. The van der Waals surface area contributed by atoms with Crippen molar-refractivity contribution in [2.45, 2.75) is 6.18 Å². The topological polar surface area (TPSA) is 87.3 Å². The standard InChI is InChI=1S/C7H4F3N5O/c8-7(9,10)5-4(3(16)1-2-11-5)6-12-14-15-13-6/h1-2H,(H,11,16)(H,12,13,14,15). The van der Waals surface area contributed by atoms with Crippen molar-refractivity contribution in [2.24, 2.45) is 0 Å². The molecule has 0 aliphatic rings. The third-order valence-corrected chi connectivity index (χ3v) is 1.81. The van der Waals surface area contributed by atoms with Gasteiger partial charge < -0.3 is 4.98 Å². The average Bonchev–Trinajstić information content (AvgIpc) is 2.68. The lowest BCUT2D eigenvalue weighted by Crippen LogP contribution is -2.17. The molecular formula is C7H4F3N5O. The summed E-state index contributed by atoms with van der Waals surface area (Å²) in [4.78, 5) is 13.3. The zero-order valence-electron chi connectivity index (χ0n) is 7.54. The Kier molecular flexibility index (Phi) is 2.22. The van der Waals surface area contributed by atoms with Gasteiger partial charge in [0.1, 0.15) is 5.69 Å². The van der Waals surface area contributed by atoms with Crippen LogP contribution in [0.3, 0.4) is 0 Å². The number of H-pyrrole nitrogens is 2. The number of hydrogen-bond donors (Lipinski definition) is 2. The molecule has 0 atom stereocenters. The average molecular weight is 231 g/mol. The summed E-state index contributed by atoms with van der Waals surface area (Å²) >= 11 is 0. The summed E-state index contributed by atoms with van der Waals surface area (Å²) in [5.74, 6) is -0.394. The molecule has 0 radical (unpaired) electrons. The van der Waals surface area contributed by atoms with Gasteiger partial charge in [0, 0.05) is 12.3 Å². The van der Waals surface area contributed by atoms with Crippen molar-refractivity contribution in [1.29, 1.82) is 0 Å². The molecule has 2 aromatic heterocycles. The lowest BCUT2D eigenvalue weighted by Gasteiger charge is -2.08. The van der Waals surface area contributed by atoms with Gasteiger partial charge >= 0.3 is 6.18 Å². The fourth-order valence-electron chi connectivity index (χ4n) is 1.19. The number of aromatic nitrogens is 5. The van der Waals surface area contributed by atoms with E-state index < -0.39 is 28.7 Å². The number of rotatable bonds is 1. The van der Waals surface area contributed by atoms with Crippen LogP contribution in [0.2, 0.25) is 0 Å². The van der Waals surface area contributed by atoms with Crippen molar-refractivity contribution < 1.29 is 13.2 Å². The molecule has 0 saturated heterocycles. The van der Waals surface area contributed by atoms with E-state index in [0.717, 1.165) is 12.3 Å². The highest BCUT2D eigenvalue weighted by Crippen LogP contribution is 2.31. The molecule has 0 unspecified atom stereocenters. The van der Waals surface area contributed by atoms with E-state index in [-0.39, 0.29) is 0 Å². The van der Waals surface area contributed by atoms with Gasteiger partial charge in [-0.2, -0.15) is 18.4 Å². The lowest BCUT2D eigenvalue weighted by atomic mass is 10.1. The summed E-state index contributed by atoms with van der Waals surface area (Å²) in [7, 11) is 0. The van der Waals surface area contributed by atoms with Crippen LogP contribution < -0.4 is 5.43 Å². The summed E-state index contributed by atoms with van der Waals surface area (Å²) in [6, 6.07) is 0.959. The Bertz CT molecular complexity index is 544. The second-order valence-electron chi connectivity index (χ2n) is 2.83. The molecule has 2 aromatic rings. The summed E-state index contributed by atoms with van der Waals surface area (Å²) in [6.07, 6.45) is -3.77. The second-order valence-corrected chi connectivity index (χ2v) is 2.83. The van der Waals surface area contributed by atoms with Crippen LogP contribution in [0.5, 0.6) is 0 Å². The third-order valence-electron chi connectivity index (χ3n) is 1.81. The van der Waals surface area contributed by atoms with E-state index in [9.17, 15) is 18.0 Å². The van der Waals surface area contributed by atoms with Gasteiger partial charge in [-0.15, -0.1) is 10.2 Å². The fraction of sp³-hybridized carbons (Fsp3) is 0.143. The molecule has 9 heteroatoms. The maximum absolute atomic E-state index is 12.6. The molecule has 6 nitrogen and oxygen atoms in total. The van der Waals surface area contributed by atoms with Gasteiger partial charge in [-0.3, -0.25) is 4.79 Å². The van der Waals surface area contributed by atoms with Crippen LogP contribution in [0.15, 0.2) is 17.1 Å². The van der Waals surface area contributed by atoms with Crippen LogP contribution >= 0.6 is 0 Å². The maximum atomic E-state index is 12.6. The summed E-state index contributed by atoms with van der Waals surface area (Å²) in [5, 5.41) is 11.8. The molecule has 0 bridgehead atoms. The number of tetrazole rings is 1. The van der Waals surface area contributed by atoms with Crippen LogP contribution in [-0.2, 0) is 6.18 Å². The van der Waals surface area contributed by atoms with Gasteiger partial charge in [0.25, 0.3) is 0 Å². The third kappa shape index (κ3) is 1.66. The van der Waals surface area contributed by atoms with E-state index in [1.54, 1.807) is 0 Å². The first kappa shape index (κ1) is 10.3. The van der Waals surface area contributed by atoms with Gasteiger partial charge in [0.05, 0.1) is 5.56 Å². The Morgan fingerprint density at radius 3 is 2.62 bits per heavy atom. The fourth-order valence-corrected chi connectivity index (χ4v) is 1.19. The maximum Gasteiger partial charge on any atom is 0.432 e. The van der Waals surface area contributed by atoms with Crippen LogP contribution in [0, 0.1) is 0 Å². The summed E-state index contributed by atoms with van der Waals surface area (Å²) in [6.45, 7) is 0. The minimum absolute atomic E-state index is 0.394. The number of pyridine rings is 1. The van der Waals surface area contributed by atoms with Crippen LogP contribution in [-0.4, -0.2) is 25.6 Å². The van der Waals surface area contributed by atoms with Gasteiger partial charge in [0.2, 0.25) is 5.82 Å². The predicted molar refractivity (Wildman–Crippen MR) is 45.2 cm³/mol. The van der Waals surface area contributed by atoms with Crippen molar-refractivity contribution in [1.82, 2.24) is 25.6 Å². The Morgan fingerprint density at radius 2 is 2.06 bits per heavy atom. The van der Waals surface area contributed by atoms with Crippen LogP contribution in [0.4, 0.5) is 13.2 Å². The molecule has 16 heavy (non-hydrogen) atoms. The highest BCUT2D eigenvalue weighted by Gasteiger charge is 2.36. The Labute approximate surface area is 85.5 Å². The Balaban J connectivity index is 2.73. The normalized spacial score (nSPS) is 11.7. The number of alkyl halides is 3. The number of aromatic amines is 2. The molecule has 0 fully saturated rings. The molecule has 2 rings (SSSR count). The van der Waals surface area contributed by atoms with Gasteiger partial charge in [-0.25, -0.2) is 0 Å². The highest BCUT2D eigenvalue weighted by atomic mass is 19.4. The van der Waals surface area contributed by atoms with E-state index in [1.165, 1.54) is 0 Å². The van der Waals surface area contributed by atoms with E-state index >= 15 is 0 Å². The molecule has 0 aliphatic heterocycles. The lowest BCUT2D eigenvalue weighted by molar-refractivity contribution is -0.140. The number of hydrogen-bond acceptors (Lipinski definition) is 4. The van der Waals surface area contributed by atoms with Crippen molar-refractivity contribution in [3.05, 3.63) is 28.2 Å². The zero-order chi connectivity index (χ0) is 11.8. The van der Waals surface area contributed by atoms with Crippen molar-refractivity contribution in [2.75, 3.05) is 0 Å². The highest BCUT2D eigenvalue weighted by molar-refractivity contribution is 5.57. The molecule has 2 heterocycles. The van der Waals surface area contributed by atoms with Crippen molar-refractivity contribution in [3.63, 3.8) is 0 Å². The SMILES string of the molecule is O=c1cc[nH]c(C(F)(F)F)c1-c1nn[nH]n1. The van der Waals surface area contributed by atoms with Crippen LogP contribution in [0.25, 0.3) is 11.4 Å². The summed E-state index contributed by atoms with van der Waals surface area (Å²) in [5.41, 5.74) is -2.67. The van der Waals surface area contributed by atoms with Crippen LogP contribution in [0.1, 0.15) is 5.69 Å². The first-order valence-corrected chi connectivity index (χ1v) is 4.03. The molecule has 0 aromatic carbocycles. The number of nitrogens with zero attached hydrogens (tertiary/aromatic N) is 3. The first-order chi connectivity index (χ1) is 7.50. The van der Waals surface area contributed by atoms with E-state index in [4.69, 9.17) is 0 Å². The predicted octanol–water partition coefficient (Wildman–Crippen LogP) is 0.574. The Morgan fingerprint density at radius 1 is 1.31 bits per heavy atom. The van der Waals surface area contributed by atoms with Crippen molar-refractivity contribution >= 4 is 0 Å². The molecule has 0 saturated carbocycles.